The Morgan fingerprint density at radius 2 is 1.16 bits per heavy atom. The lowest BCUT2D eigenvalue weighted by Gasteiger charge is -2.41. The number of piperidine rings is 2. The highest BCUT2D eigenvalue weighted by Crippen LogP contribution is 2.41. The third-order valence-electron chi connectivity index (χ3n) is 6.79. The molecule has 4 aliphatic heterocycles. The number of hydrogen-bond acceptors (Lipinski definition) is 6. The quantitative estimate of drug-likeness (QED) is 0.470. The van der Waals surface area contributed by atoms with Crippen LogP contribution in [0.5, 0.6) is 0 Å². The predicted molar refractivity (Wildman–Crippen MR) is 142 cm³/mol. The van der Waals surface area contributed by atoms with E-state index in [-0.39, 0.29) is 42.1 Å². The lowest BCUT2D eigenvalue weighted by atomic mass is 9.87. The summed E-state index contributed by atoms with van der Waals surface area (Å²) < 4.78 is 10.8. The average Bonchev–Trinajstić information content (AvgIpc) is 3.18. The van der Waals surface area contributed by atoms with Crippen LogP contribution < -0.4 is 0 Å². The van der Waals surface area contributed by atoms with Crippen LogP contribution in [-0.2, 0) is 14.3 Å². The molecule has 4 unspecified atom stereocenters. The zero-order valence-electron chi connectivity index (χ0n) is 23.5. The number of carbonyl (C=O) groups excluding carboxylic acids is 3. The molecule has 4 heterocycles. The molecule has 4 fully saturated rings. The van der Waals surface area contributed by atoms with Crippen molar-refractivity contribution in [1.29, 1.82) is 0 Å². The minimum Gasteiger partial charge on any atom is -0.444 e. The predicted octanol–water partition coefficient (Wildman–Crippen LogP) is 4.67. The summed E-state index contributed by atoms with van der Waals surface area (Å²) >= 11 is 0. The van der Waals surface area contributed by atoms with E-state index in [1.807, 2.05) is 41.5 Å². The fourth-order valence-corrected chi connectivity index (χ4v) is 5.54. The Bertz CT molecular complexity index is 902. The van der Waals surface area contributed by atoms with Gasteiger partial charge in [0.05, 0.1) is 0 Å². The third-order valence-corrected chi connectivity index (χ3v) is 6.79. The zero-order chi connectivity index (χ0) is 28.2. The van der Waals surface area contributed by atoms with Crippen LogP contribution in [0, 0.1) is 24.7 Å². The van der Waals surface area contributed by atoms with Gasteiger partial charge < -0.3 is 24.4 Å². The number of rotatable bonds is 0. The van der Waals surface area contributed by atoms with Crippen molar-refractivity contribution in [2.45, 2.75) is 141 Å². The molecule has 0 aromatic carbocycles. The molecule has 0 aromatic rings. The van der Waals surface area contributed by atoms with E-state index in [9.17, 15) is 19.5 Å². The summed E-state index contributed by atoms with van der Waals surface area (Å²) in [7, 11) is 0. The molecule has 206 valence electrons. The number of aliphatic hydroxyl groups is 1. The van der Waals surface area contributed by atoms with Gasteiger partial charge in [0.2, 0.25) is 0 Å². The van der Waals surface area contributed by atoms with Crippen molar-refractivity contribution in [2.24, 2.45) is 0 Å². The number of terminal acetylenes is 2. The molecule has 4 atom stereocenters. The molecule has 0 radical (unpaired) electrons. The van der Waals surface area contributed by atoms with Crippen LogP contribution in [0.2, 0.25) is 0 Å². The lowest BCUT2D eigenvalue weighted by Crippen LogP contribution is -2.53. The minimum absolute atomic E-state index is 0.0136. The van der Waals surface area contributed by atoms with Gasteiger partial charge >= 0.3 is 12.2 Å². The highest BCUT2D eigenvalue weighted by atomic mass is 16.6. The monoisotopic (exact) mass is 516 g/mol. The van der Waals surface area contributed by atoms with Crippen molar-refractivity contribution in [3.63, 3.8) is 0 Å². The average molecular weight is 517 g/mol. The van der Waals surface area contributed by atoms with Crippen LogP contribution in [0.1, 0.15) is 99.8 Å². The van der Waals surface area contributed by atoms with Crippen molar-refractivity contribution in [2.75, 3.05) is 0 Å². The summed E-state index contributed by atoms with van der Waals surface area (Å²) in [5.74, 6) is 5.00. The summed E-state index contributed by atoms with van der Waals surface area (Å²) in [4.78, 5) is 39.1. The Kier molecular flexibility index (Phi) is 9.71. The van der Waals surface area contributed by atoms with E-state index in [1.54, 1.807) is 16.7 Å². The molecular formula is C29H44N2O6. The maximum Gasteiger partial charge on any atom is 0.410 e. The van der Waals surface area contributed by atoms with E-state index in [2.05, 4.69) is 18.3 Å². The normalized spacial score (nSPS) is 30.1. The molecule has 37 heavy (non-hydrogen) atoms. The molecule has 0 spiro atoms. The molecule has 4 saturated heterocycles. The SMILES string of the molecule is C#CC.C#CC1(O)CC2CCC(C1)N2C(=O)OC(C)(C)C.CC(C)(C)OC(=O)N1C2CCC1CC(=O)C2. The zero-order valence-corrected chi connectivity index (χ0v) is 23.5. The topological polar surface area (TPSA) is 96.4 Å². The van der Waals surface area contributed by atoms with Crippen LogP contribution in [0.15, 0.2) is 0 Å². The fourth-order valence-electron chi connectivity index (χ4n) is 5.54. The molecule has 4 rings (SSSR count). The molecule has 0 saturated carbocycles. The second-order valence-electron chi connectivity index (χ2n) is 12.4. The smallest absolute Gasteiger partial charge is 0.410 e. The summed E-state index contributed by atoms with van der Waals surface area (Å²) in [6.07, 6.45) is 15.0. The standard InChI is InChI=1S/C14H21NO3.C12H19NO3.C3H4/c1-5-14(17)8-10-6-7-11(9-14)15(10)12(16)18-13(2,3)4;1-12(2,3)16-11(15)13-8-4-5-9(13)7-10(14)6-8;1-3-2/h1,10-11,17H,6-9H2,2-4H3;8-9H,4-7H2,1-3H3;1H,2H3. The molecule has 2 amide bonds. The molecule has 8 heteroatoms. The number of Topliss-reactive ketones (excluding diaryl/α,β-unsaturated/α-hetero) is 1. The van der Waals surface area contributed by atoms with E-state index in [0.717, 1.165) is 25.7 Å². The van der Waals surface area contributed by atoms with Gasteiger partial charge in [-0.15, -0.1) is 18.8 Å². The Hall–Kier alpha value is -2.71. The minimum atomic E-state index is -1.05. The van der Waals surface area contributed by atoms with Gasteiger partial charge in [0.25, 0.3) is 0 Å². The van der Waals surface area contributed by atoms with Gasteiger partial charge in [0, 0.05) is 49.9 Å². The third kappa shape index (κ3) is 8.40. The van der Waals surface area contributed by atoms with Gasteiger partial charge in [-0.3, -0.25) is 4.79 Å². The number of ether oxygens (including phenoxy) is 2. The first-order valence-electron chi connectivity index (χ1n) is 13.1. The van der Waals surface area contributed by atoms with E-state index in [4.69, 9.17) is 15.9 Å². The maximum atomic E-state index is 12.1. The number of ketones is 1. The highest BCUT2D eigenvalue weighted by Gasteiger charge is 2.50. The number of amides is 2. The summed E-state index contributed by atoms with van der Waals surface area (Å²) in [6, 6.07) is 0.196. The molecular weight excluding hydrogens is 472 g/mol. The molecule has 8 nitrogen and oxygen atoms in total. The van der Waals surface area contributed by atoms with Crippen LogP contribution in [0.4, 0.5) is 9.59 Å². The molecule has 4 aliphatic rings. The summed E-state index contributed by atoms with van der Waals surface area (Å²) in [5.41, 5.74) is -2.00. The van der Waals surface area contributed by atoms with Crippen LogP contribution >= 0.6 is 0 Å². The van der Waals surface area contributed by atoms with Crippen molar-refractivity contribution in [1.82, 2.24) is 9.80 Å². The first-order chi connectivity index (χ1) is 17.0. The highest BCUT2D eigenvalue weighted by molar-refractivity contribution is 5.83. The van der Waals surface area contributed by atoms with Gasteiger partial charge in [-0.25, -0.2) is 9.59 Å². The first kappa shape index (κ1) is 30.5. The van der Waals surface area contributed by atoms with Crippen LogP contribution in [0.25, 0.3) is 0 Å². The van der Waals surface area contributed by atoms with Crippen molar-refractivity contribution in [3.8, 4) is 24.7 Å². The van der Waals surface area contributed by atoms with Gasteiger partial charge in [-0.1, -0.05) is 5.92 Å². The van der Waals surface area contributed by atoms with Gasteiger partial charge in [-0.2, -0.15) is 0 Å². The number of carbonyl (C=O) groups is 3. The van der Waals surface area contributed by atoms with Gasteiger partial charge in [0.1, 0.15) is 22.6 Å². The second-order valence-corrected chi connectivity index (χ2v) is 12.4. The van der Waals surface area contributed by atoms with E-state index < -0.39 is 16.8 Å². The van der Waals surface area contributed by atoms with Crippen molar-refractivity contribution >= 4 is 18.0 Å². The second kappa shape index (κ2) is 11.8. The largest absolute Gasteiger partial charge is 0.444 e. The molecule has 0 aliphatic carbocycles. The Labute approximate surface area is 222 Å². The maximum absolute atomic E-state index is 12.1. The fraction of sp³-hybridized carbons (Fsp3) is 0.759. The molecule has 4 bridgehead atoms. The van der Waals surface area contributed by atoms with Crippen molar-refractivity contribution < 1.29 is 29.0 Å². The molecule has 0 aromatic heterocycles. The van der Waals surface area contributed by atoms with E-state index in [1.165, 1.54) is 0 Å². The van der Waals surface area contributed by atoms with Crippen molar-refractivity contribution in [3.05, 3.63) is 0 Å². The van der Waals surface area contributed by atoms with Crippen LogP contribution in [0.3, 0.4) is 0 Å². The van der Waals surface area contributed by atoms with E-state index >= 15 is 0 Å². The number of hydrogen-bond donors (Lipinski definition) is 1. The van der Waals surface area contributed by atoms with Gasteiger partial charge in [-0.05, 0) is 74.1 Å². The molecule has 1 N–H and O–H groups in total. The number of nitrogens with zero attached hydrogens (tertiary/aromatic N) is 2. The van der Waals surface area contributed by atoms with Gasteiger partial charge in [0.15, 0.2) is 0 Å². The Balaban J connectivity index is 0.000000237. The summed E-state index contributed by atoms with van der Waals surface area (Å²) in [6.45, 7) is 12.8. The Morgan fingerprint density at radius 3 is 1.49 bits per heavy atom. The lowest BCUT2D eigenvalue weighted by molar-refractivity contribution is -0.123. The Morgan fingerprint density at radius 1 is 0.838 bits per heavy atom. The first-order valence-corrected chi connectivity index (χ1v) is 13.1. The van der Waals surface area contributed by atoms with Crippen LogP contribution in [-0.4, -0.2) is 73.8 Å². The van der Waals surface area contributed by atoms with E-state index in [0.29, 0.717) is 25.7 Å². The number of fused-ring (bicyclic) bond motifs is 4. The summed E-state index contributed by atoms with van der Waals surface area (Å²) in [5, 5.41) is 10.2.